The van der Waals surface area contributed by atoms with Gasteiger partial charge < -0.3 is 20.9 Å². The van der Waals surface area contributed by atoms with E-state index in [2.05, 4.69) is 16.0 Å². The minimum Gasteiger partial charge on any atom is -0.336 e. The molecular formula is C21H27F2N5O2. The number of nitrogens with zero attached hydrogens (tertiary/aromatic N) is 2. The molecule has 3 rings (SSSR count). The molecule has 3 N–H and O–H groups in total. The van der Waals surface area contributed by atoms with Crippen molar-refractivity contribution < 1.29 is 18.4 Å². The third-order valence-electron chi connectivity index (χ3n) is 5.45. The highest BCUT2D eigenvalue weighted by Gasteiger charge is 2.46. The number of hydrogen-bond acceptors (Lipinski definition) is 4. The molecule has 0 unspecified atom stereocenters. The van der Waals surface area contributed by atoms with Crippen LogP contribution in [0.2, 0.25) is 0 Å². The fourth-order valence-electron chi connectivity index (χ4n) is 3.43. The molecule has 3 amide bonds. The Morgan fingerprint density at radius 2 is 1.90 bits per heavy atom. The Hall–Kier alpha value is -2.73. The van der Waals surface area contributed by atoms with E-state index in [4.69, 9.17) is 0 Å². The van der Waals surface area contributed by atoms with E-state index in [1.165, 1.54) is 0 Å². The van der Waals surface area contributed by atoms with E-state index in [-0.39, 0.29) is 6.42 Å². The fraction of sp³-hybridized carbons (Fsp3) is 0.571. The molecule has 0 radical (unpaired) electrons. The number of carbonyl (C=O) groups is 2. The largest absolute Gasteiger partial charge is 0.336 e. The molecule has 1 aliphatic carbocycles. The van der Waals surface area contributed by atoms with E-state index in [9.17, 15) is 23.6 Å². The van der Waals surface area contributed by atoms with Crippen LogP contribution in [-0.4, -0.2) is 60.5 Å². The summed E-state index contributed by atoms with van der Waals surface area (Å²) < 4.78 is 29.1. The molecule has 1 aromatic carbocycles. The molecule has 1 saturated heterocycles. The van der Waals surface area contributed by atoms with Crippen molar-refractivity contribution in [1.82, 2.24) is 20.9 Å². The van der Waals surface area contributed by atoms with Crippen LogP contribution in [0.1, 0.15) is 31.2 Å². The van der Waals surface area contributed by atoms with Crippen LogP contribution in [-0.2, 0) is 11.2 Å². The zero-order valence-corrected chi connectivity index (χ0v) is 16.8. The van der Waals surface area contributed by atoms with Gasteiger partial charge >= 0.3 is 6.03 Å². The maximum Gasteiger partial charge on any atom is 0.318 e. The summed E-state index contributed by atoms with van der Waals surface area (Å²) in [6, 6.07) is 8.90. The Balaban J connectivity index is 1.63. The number of piperazine rings is 1. The number of amides is 3. The van der Waals surface area contributed by atoms with Gasteiger partial charge in [0.1, 0.15) is 11.6 Å². The summed E-state index contributed by atoms with van der Waals surface area (Å²) in [5.74, 6) is -3.61. The normalized spacial score (nSPS) is 18.8. The van der Waals surface area contributed by atoms with Crippen LogP contribution in [0.25, 0.3) is 0 Å². The first kappa shape index (κ1) is 22.0. The second-order valence-electron chi connectivity index (χ2n) is 7.98. The molecule has 0 spiro atoms. The van der Waals surface area contributed by atoms with Gasteiger partial charge in [-0.2, -0.15) is 5.26 Å². The quantitative estimate of drug-likeness (QED) is 0.599. The van der Waals surface area contributed by atoms with E-state index in [1.807, 2.05) is 6.07 Å². The zero-order chi connectivity index (χ0) is 21.6. The fourth-order valence-corrected chi connectivity index (χ4v) is 3.43. The third kappa shape index (κ3) is 6.13. The SMILES string of the molecule is N#CC1(NC(=O)[C@H](CCC(F)(F)Cc2ccccc2)NC(=O)N2CCNCC2)CC1. The van der Waals surface area contributed by atoms with Gasteiger partial charge in [-0.15, -0.1) is 0 Å². The predicted octanol–water partition coefficient (Wildman–Crippen LogP) is 1.80. The van der Waals surface area contributed by atoms with Gasteiger partial charge in [0.25, 0.3) is 5.92 Å². The molecule has 30 heavy (non-hydrogen) atoms. The van der Waals surface area contributed by atoms with Gasteiger partial charge in [0.15, 0.2) is 0 Å². The van der Waals surface area contributed by atoms with Crippen molar-refractivity contribution in [1.29, 1.82) is 5.26 Å². The summed E-state index contributed by atoms with van der Waals surface area (Å²) in [7, 11) is 0. The van der Waals surface area contributed by atoms with Gasteiger partial charge in [0.05, 0.1) is 6.07 Å². The van der Waals surface area contributed by atoms with Crippen LogP contribution in [0, 0.1) is 11.3 Å². The van der Waals surface area contributed by atoms with E-state index >= 15 is 0 Å². The van der Waals surface area contributed by atoms with E-state index in [0.717, 1.165) is 0 Å². The second kappa shape index (κ2) is 9.39. The maximum absolute atomic E-state index is 14.5. The second-order valence-corrected chi connectivity index (χ2v) is 7.98. The number of halogens is 2. The summed E-state index contributed by atoms with van der Waals surface area (Å²) >= 11 is 0. The zero-order valence-electron chi connectivity index (χ0n) is 16.8. The van der Waals surface area contributed by atoms with E-state index < -0.39 is 42.3 Å². The van der Waals surface area contributed by atoms with Gasteiger partial charge in [-0.25, -0.2) is 13.6 Å². The number of alkyl halides is 2. The standard InChI is InChI=1S/C21H27F2N5O2/c22-21(23,14-16-4-2-1-3-5-16)7-6-17(18(29)27-20(15-24)8-9-20)26-19(30)28-12-10-25-11-13-28/h1-5,17,25H,6-14H2,(H,26,30)(H,27,29)/t17-/m0/s1. The molecule has 1 saturated carbocycles. The molecule has 9 heteroatoms. The lowest BCUT2D eigenvalue weighted by Gasteiger charge is -2.30. The maximum atomic E-state index is 14.5. The summed E-state index contributed by atoms with van der Waals surface area (Å²) in [5.41, 5.74) is -0.420. The van der Waals surface area contributed by atoms with Gasteiger partial charge in [0.2, 0.25) is 5.91 Å². The van der Waals surface area contributed by atoms with E-state index in [0.29, 0.717) is 44.6 Å². The van der Waals surface area contributed by atoms with Crippen LogP contribution >= 0.6 is 0 Å². The first-order valence-corrected chi connectivity index (χ1v) is 10.2. The predicted molar refractivity (Wildman–Crippen MR) is 107 cm³/mol. The molecule has 7 nitrogen and oxygen atoms in total. The average molecular weight is 419 g/mol. The molecule has 162 valence electrons. The highest BCUT2D eigenvalue weighted by Crippen LogP contribution is 2.34. The van der Waals surface area contributed by atoms with Crippen LogP contribution in [0.4, 0.5) is 13.6 Å². The van der Waals surface area contributed by atoms with Crippen LogP contribution in [0.15, 0.2) is 30.3 Å². The van der Waals surface area contributed by atoms with Crippen molar-refractivity contribution in [3.8, 4) is 6.07 Å². The smallest absolute Gasteiger partial charge is 0.318 e. The van der Waals surface area contributed by atoms with Gasteiger partial charge in [-0.3, -0.25) is 4.79 Å². The van der Waals surface area contributed by atoms with Crippen molar-refractivity contribution in [3.05, 3.63) is 35.9 Å². The van der Waals surface area contributed by atoms with Gasteiger partial charge in [-0.05, 0) is 24.8 Å². The summed E-state index contributed by atoms with van der Waals surface area (Å²) in [6.45, 7) is 2.23. The third-order valence-corrected chi connectivity index (χ3v) is 5.45. The van der Waals surface area contributed by atoms with Crippen LogP contribution in [0.3, 0.4) is 0 Å². The molecule has 1 heterocycles. The van der Waals surface area contributed by atoms with Crippen molar-refractivity contribution in [2.75, 3.05) is 26.2 Å². The van der Waals surface area contributed by atoms with Crippen LogP contribution < -0.4 is 16.0 Å². The molecule has 1 aromatic rings. The van der Waals surface area contributed by atoms with Crippen LogP contribution in [0.5, 0.6) is 0 Å². The van der Waals surface area contributed by atoms with Crippen molar-refractivity contribution in [2.24, 2.45) is 0 Å². The van der Waals surface area contributed by atoms with Crippen molar-refractivity contribution in [3.63, 3.8) is 0 Å². The highest BCUT2D eigenvalue weighted by atomic mass is 19.3. The number of nitrogens with one attached hydrogen (secondary N) is 3. The van der Waals surface area contributed by atoms with E-state index in [1.54, 1.807) is 35.2 Å². The monoisotopic (exact) mass is 419 g/mol. The summed E-state index contributed by atoms with van der Waals surface area (Å²) in [6.07, 6.45) is -0.155. The lowest BCUT2D eigenvalue weighted by atomic mass is 10.00. The Morgan fingerprint density at radius 3 is 2.50 bits per heavy atom. The summed E-state index contributed by atoms with van der Waals surface area (Å²) in [4.78, 5) is 26.8. The number of carbonyl (C=O) groups excluding carboxylic acids is 2. The number of nitriles is 1. The number of benzene rings is 1. The van der Waals surface area contributed by atoms with Crippen molar-refractivity contribution in [2.45, 2.75) is 49.6 Å². The molecule has 1 aliphatic heterocycles. The first-order valence-electron chi connectivity index (χ1n) is 10.2. The molecule has 0 aromatic heterocycles. The highest BCUT2D eigenvalue weighted by molar-refractivity contribution is 5.88. The Bertz CT molecular complexity index is 786. The Kier molecular flexibility index (Phi) is 6.87. The minimum atomic E-state index is -3.02. The number of hydrogen-bond donors (Lipinski definition) is 3. The topological polar surface area (TPSA) is 97.3 Å². The Labute approximate surface area is 174 Å². The lowest BCUT2D eigenvalue weighted by Crippen LogP contribution is -2.56. The molecular weight excluding hydrogens is 392 g/mol. The first-order chi connectivity index (χ1) is 14.3. The lowest BCUT2D eigenvalue weighted by molar-refractivity contribution is -0.124. The van der Waals surface area contributed by atoms with Gasteiger partial charge in [0, 0.05) is 39.0 Å². The average Bonchev–Trinajstić information content (AvgIpc) is 3.51. The van der Waals surface area contributed by atoms with Gasteiger partial charge in [-0.1, -0.05) is 30.3 Å². The number of rotatable bonds is 8. The number of urea groups is 1. The van der Waals surface area contributed by atoms with Crippen molar-refractivity contribution >= 4 is 11.9 Å². The molecule has 2 aliphatic rings. The molecule has 0 bridgehead atoms. The minimum absolute atomic E-state index is 0.217. The summed E-state index contributed by atoms with van der Waals surface area (Å²) in [5, 5.41) is 17.6. The molecule has 2 fully saturated rings. The Morgan fingerprint density at radius 1 is 1.23 bits per heavy atom. The molecule has 1 atom stereocenters.